The molecule has 0 radical (unpaired) electrons. The third-order valence-corrected chi connectivity index (χ3v) is 1.34. The number of hydroxylamine groups is 1. The van der Waals surface area contributed by atoms with Crippen LogP contribution in [0.25, 0.3) is 0 Å². The molecule has 0 saturated heterocycles. The highest BCUT2D eigenvalue weighted by Crippen LogP contribution is 1.78. The number of hydrogen-bond donors (Lipinski definition) is 2. The monoisotopic (exact) mass is 192 g/mol. The molecule has 0 amide bonds. The van der Waals surface area contributed by atoms with Gasteiger partial charge in [0.1, 0.15) is 0 Å². The molecule has 0 atom stereocenters. The zero-order valence-electron chi connectivity index (χ0n) is 8.47. The van der Waals surface area contributed by atoms with Crippen molar-refractivity contribution < 1.29 is 14.3 Å². The van der Waals surface area contributed by atoms with E-state index in [1.165, 1.54) is 0 Å². The molecule has 5 heteroatoms. The first kappa shape index (κ1) is 12.8. The molecule has 0 aromatic carbocycles. The molecule has 0 aliphatic carbocycles. The standard InChI is InChI=1S/C8H20N2O3/c1-9-3-4-11-5-6-12-7-8-13-10-2/h9-10H,3-8H2,1-2H3. The van der Waals surface area contributed by atoms with Gasteiger partial charge in [0.25, 0.3) is 0 Å². The lowest BCUT2D eigenvalue weighted by Crippen LogP contribution is -2.17. The number of rotatable bonds is 10. The zero-order chi connectivity index (χ0) is 9.78. The van der Waals surface area contributed by atoms with Crippen LogP contribution < -0.4 is 10.8 Å². The van der Waals surface area contributed by atoms with Gasteiger partial charge in [-0.1, -0.05) is 0 Å². The first-order valence-corrected chi connectivity index (χ1v) is 4.50. The Morgan fingerprint density at radius 3 is 2.08 bits per heavy atom. The zero-order valence-corrected chi connectivity index (χ0v) is 8.47. The van der Waals surface area contributed by atoms with Gasteiger partial charge in [-0.25, -0.2) is 5.48 Å². The minimum atomic E-state index is 0.563. The average molecular weight is 192 g/mol. The predicted molar refractivity (Wildman–Crippen MR) is 50.6 cm³/mol. The van der Waals surface area contributed by atoms with E-state index in [4.69, 9.17) is 14.3 Å². The van der Waals surface area contributed by atoms with Crippen molar-refractivity contribution >= 4 is 0 Å². The number of likely N-dealkylation sites (N-methyl/N-ethyl adjacent to an activating group) is 1. The molecule has 0 unspecified atom stereocenters. The molecule has 80 valence electrons. The lowest BCUT2D eigenvalue weighted by molar-refractivity contribution is -0.0106. The van der Waals surface area contributed by atoms with Gasteiger partial charge < -0.3 is 14.8 Å². The molecule has 0 aromatic rings. The molecule has 0 aliphatic rings. The Kier molecular flexibility index (Phi) is 11.6. The second kappa shape index (κ2) is 11.8. The molecule has 0 spiro atoms. The van der Waals surface area contributed by atoms with Crippen LogP contribution in [-0.2, 0) is 14.3 Å². The van der Waals surface area contributed by atoms with Crippen molar-refractivity contribution in [1.29, 1.82) is 0 Å². The van der Waals surface area contributed by atoms with Crippen molar-refractivity contribution in [3.05, 3.63) is 0 Å². The van der Waals surface area contributed by atoms with Crippen LogP contribution in [0, 0.1) is 0 Å². The Bertz CT molecular complexity index is 83.5. The van der Waals surface area contributed by atoms with Crippen molar-refractivity contribution in [3.8, 4) is 0 Å². The predicted octanol–water partition coefficient (Wildman–Crippen LogP) is -0.610. The molecular formula is C8H20N2O3. The highest BCUT2D eigenvalue weighted by atomic mass is 16.7. The van der Waals surface area contributed by atoms with Crippen LogP contribution in [0.5, 0.6) is 0 Å². The van der Waals surface area contributed by atoms with Crippen molar-refractivity contribution in [2.75, 3.05) is 53.7 Å². The third-order valence-electron chi connectivity index (χ3n) is 1.34. The van der Waals surface area contributed by atoms with E-state index in [-0.39, 0.29) is 0 Å². The Morgan fingerprint density at radius 2 is 1.46 bits per heavy atom. The number of ether oxygens (including phenoxy) is 2. The van der Waals surface area contributed by atoms with Crippen LogP contribution in [0.4, 0.5) is 0 Å². The van der Waals surface area contributed by atoms with Gasteiger partial charge in [-0.15, -0.1) is 0 Å². The molecule has 5 nitrogen and oxygen atoms in total. The molecule has 0 saturated carbocycles. The first-order valence-electron chi connectivity index (χ1n) is 4.50. The minimum absolute atomic E-state index is 0.563. The van der Waals surface area contributed by atoms with E-state index in [1.807, 2.05) is 7.05 Å². The minimum Gasteiger partial charge on any atom is -0.378 e. The maximum atomic E-state index is 5.24. The molecular weight excluding hydrogens is 172 g/mol. The topological polar surface area (TPSA) is 51.8 Å². The van der Waals surface area contributed by atoms with Gasteiger partial charge in [0.05, 0.1) is 33.0 Å². The SMILES string of the molecule is CNCCOCCOCCONC. The van der Waals surface area contributed by atoms with Crippen LogP contribution in [-0.4, -0.2) is 53.7 Å². The van der Waals surface area contributed by atoms with Crippen LogP contribution in [0.1, 0.15) is 0 Å². The summed E-state index contributed by atoms with van der Waals surface area (Å²) in [5, 5.41) is 2.99. The second-order valence-electron chi connectivity index (χ2n) is 2.38. The fourth-order valence-electron chi connectivity index (χ4n) is 0.699. The molecule has 0 aliphatic heterocycles. The summed E-state index contributed by atoms with van der Waals surface area (Å²) in [5.74, 6) is 0. The summed E-state index contributed by atoms with van der Waals surface area (Å²) in [7, 11) is 3.62. The average Bonchev–Trinajstić information content (AvgIpc) is 2.16. The normalized spacial score (nSPS) is 10.6. The van der Waals surface area contributed by atoms with E-state index in [0.717, 1.165) is 13.2 Å². The van der Waals surface area contributed by atoms with Crippen molar-refractivity contribution in [2.45, 2.75) is 0 Å². The first-order chi connectivity index (χ1) is 6.41. The smallest absolute Gasteiger partial charge is 0.0915 e. The van der Waals surface area contributed by atoms with Crippen LogP contribution in [0.3, 0.4) is 0 Å². The quantitative estimate of drug-likeness (QED) is 0.357. The maximum absolute atomic E-state index is 5.24. The summed E-state index contributed by atoms with van der Waals surface area (Å²) in [6.07, 6.45) is 0. The van der Waals surface area contributed by atoms with Gasteiger partial charge in [-0.3, -0.25) is 4.84 Å². The Morgan fingerprint density at radius 1 is 0.846 bits per heavy atom. The fraction of sp³-hybridized carbons (Fsp3) is 1.00. The fourth-order valence-corrected chi connectivity index (χ4v) is 0.699. The summed E-state index contributed by atoms with van der Waals surface area (Å²) < 4.78 is 10.4. The van der Waals surface area contributed by atoms with E-state index in [9.17, 15) is 0 Å². The molecule has 13 heavy (non-hydrogen) atoms. The highest BCUT2D eigenvalue weighted by molar-refractivity contribution is 4.36. The van der Waals surface area contributed by atoms with E-state index in [0.29, 0.717) is 26.4 Å². The summed E-state index contributed by atoms with van der Waals surface area (Å²) in [5.41, 5.74) is 2.57. The van der Waals surface area contributed by atoms with Gasteiger partial charge in [-0.2, -0.15) is 0 Å². The molecule has 0 rings (SSSR count). The highest BCUT2D eigenvalue weighted by Gasteiger charge is 1.89. The van der Waals surface area contributed by atoms with Crippen molar-refractivity contribution in [3.63, 3.8) is 0 Å². The van der Waals surface area contributed by atoms with Gasteiger partial charge in [-0.05, 0) is 7.05 Å². The molecule has 2 N–H and O–H groups in total. The van der Waals surface area contributed by atoms with Crippen molar-refractivity contribution in [2.24, 2.45) is 0 Å². The second-order valence-corrected chi connectivity index (χ2v) is 2.38. The van der Waals surface area contributed by atoms with E-state index in [1.54, 1.807) is 7.05 Å². The molecule has 0 heterocycles. The summed E-state index contributed by atoms with van der Waals surface area (Å²) in [6.45, 7) is 4.02. The van der Waals surface area contributed by atoms with E-state index >= 15 is 0 Å². The Labute approximate surface area is 79.7 Å². The summed E-state index contributed by atoms with van der Waals surface area (Å²) in [4.78, 5) is 4.85. The Balaban J connectivity index is 2.76. The molecule has 0 aromatic heterocycles. The molecule has 0 fully saturated rings. The van der Waals surface area contributed by atoms with Crippen LogP contribution in [0.2, 0.25) is 0 Å². The third kappa shape index (κ3) is 11.8. The Hall–Kier alpha value is -0.200. The maximum Gasteiger partial charge on any atom is 0.0915 e. The largest absolute Gasteiger partial charge is 0.378 e. The van der Waals surface area contributed by atoms with Crippen LogP contribution in [0.15, 0.2) is 0 Å². The lowest BCUT2D eigenvalue weighted by atomic mass is 10.7. The van der Waals surface area contributed by atoms with Gasteiger partial charge in [0.15, 0.2) is 0 Å². The molecule has 0 bridgehead atoms. The number of nitrogens with one attached hydrogen (secondary N) is 2. The van der Waals surface area contributed by atoms with Gasteiger partial charge in [0.2, 0.25) is 0 Å². The summed E-state index contributed by atoms with van der Waals surface area (Å²) >= 11 is 0. The van der Waals surface area contributed by atoms with E-state index < -0.39 is 0 Å². The lowest BCUT2D eigenvalue weighted by Gasteiger charge is -2.05. The van der Waals surface area contributed by atoms with E-state index in [2.05, 4.69) is 10.8 Å². The number of hydrogen-bond acceptors (Lipinski definition) is 5. The van der Waals surface area contributed by atoms with Gasteiger partial charge >= 0.3 is 0 Å². The van der Waals surface area contributed by atoms with Crippen molar-refractivity contribution in [1.82, 2.24) is 10.8 Å². The van der Waals surface area contributed by atoms with Crippen LogP contribution >= 0.6 is 0 Å². The van der Waals surface area contributed by atoms with Gasteiger partial charge in [0, 0.05) is 13.6 Å². The summed E-state index contributed by atoms with van der Waals surface area (Å²) in [6, 6.07) is 0.